The second kappa shape index (κ2) is 12.8. The van der Waals surface area contributed by atoms with E-state index in [9.17, 15) is 9.59 Å². The zero-order chi connectivity index (χ0) is 30.8. The van der Waals surface area contributed by atoms with Gasteiger partial charge in [0, 0.05) is 55.9 Å². The van der Waals surface area contributed by atoms with Gasteiger partial charge in [0.05, 0.1) is 17.8 Å². The van der Waals surface area contributed by atoms with E-state index in [1.165, 1.54) is 4.57 Å². The lowest BCUT2D eigenvalue weighted by Gasteiger charge is -2.30. The smallest absolute Gasteiger partial charge is 0.263 e. The minimum Gasteiger partial charge on any atom is -0.489 e. The van der Waals surface area contributed by atoms with Gasteiger partial charge in [-0.25, -0.2) is 4.98 Å². The summed E-state index contributed by atoms with van der Waals surface area (Å²) in [5.41, 5.74) is 2.58. The number of nitrogens with zero attached hydrogens (tertiary/aromatic N) is 7. The number of ketones is 1. The summed E-state index contributed by atoms with van der Waals surface area (Å²) in [7, 11) is 3.99. The van der Waals surface area contributed by atoms with E-state index in [4.69, 9.17) is 14.5 Å². The number of anilines is 2. The minimum atomic E-state index is -0.403. The number of likely N-dealkylation sites (N-methyl/N-ethyl adjacent to an activating group) is 1. The normalized spacial score (nSPS) is 18.2. The van der Waals surface area contributed by atoms with E-state index < -0.39 is 5.56 Å². The van der Waals surface area contributed by atoms with Crippen molar-refractivity contribution in [1.29, 1.82) is 0 Å². The second-order valence-electron chi connectivity index (χ2n) is 12.2. The van der Waals surface area contributed by atoms with Crippen LogP contribution in [-0.2, 0) is 18.3 Å². The Balaban J connectivity index is 1.32. The molecule has 1 unspecified atom stereocenters. The molecular weight excluding hydrogens is 560 g/mol. The molecule has 2 aliphatic rings. The summed E-state index contributed by atoms with van der Waals surface area (Å²) in [5, 5.41) is 12.6. The number of likely N-dealkylation sites (tertiary alicyclic amines) is 1. The van der Waals surface area contributed by atoms with Crippen molar-refractivity contribution in [3.8, 4) is 5.75 Å². The number of Topliss-reactive ketones (excluding diaryl/α,β-unsaturated/α-hetero) is 1. The Morgan fingerprint density at radius 1 is 1.14 bits per heavy atom. The summed E-state index contributed by atoms with van der Waals surface area (Å²) >= 11 is 0. The molecule has 6 rings (SSSR count). The third-order valence-corrected chi connectivity index (χ3v) is 8.47. The van der Waals surface area contributed by atoms with Gasteiger partial charge in [0.1, 0.15) is 23.2 Å². The van der Waals surface area contributed by atoms with Crippen molar-refractivity contribution in [2.75, 3.05) is 38.7 Å². The fourth-order valence-corrected chi connectivity index (χ4v) is 6.15. The predicted octanol–water partition coefficient (Wildman–Crippen LogP) is 3.92. The molecule has 0 spiro atoms. The molecule has 0 amide bonds. The number of piperidine rings is 1. The molecule has 232 valence electrons. The van der Waals surface area contributed by atoms with Crippen LogP contribution >= 0.6 is 0 Å². The number of carbonyl (C=O) groups is 1. The van der Waals surface area contributed by atoms with E-state index in [0.717, 1.165) is 55.9 Å². The number of ether oxygens (including phenoxy) is 2. The molecular formula is C32H40N8O4. The Kier molecular flexibility index (Phi) is 8.72. The van der Waals surface area contributed by atoms with E-state index >= 15 is 0 Å². The molecule has 5 heterocycles. The molecule has 1 atom stereocenters. The fraction of sp³-hybridized carbons (Fsp3) is 0.500. The van der Waals surface area contributed by atoms with Gasteiger partial charge in [0.15, 0.2) is 5.78 Å². The number of hydrogen-bond acceptors (Lipinski definition) is 10. The van der Waals surface area contributed by atoms with Crippen LogP contribution in [0, 0.1) is 5.92 Å². The summed E-state index contributed by atoms with van der Waals surface area (Å²) < 4.78 is 15.1. The number of fused-ring (bicyclic) bond motifs is 1. The van der Waals surface area contributed by atoms with Crippen LogP contribution in [0.4, 0.5) is 11.6 Å². The van der Waals surface area contributed by atoms with Gasteiger partial charge in [-0.05, 0) is 69.6 Å². The number of benzene rings is 1. The Labute approximate surface area is 256 Å². The highest BCUT2D eigenvalue weighted by Crippen LogP contribution is 2.29. The van der Waals surface area contributed by atoms with Crippen molar-refractivity contribution in [3.05, 3.63) is 63.8 Å². The molecule has 3 aromatic heterocycles. The van der Waals surface area contributed by atoms with Gasteiger partial charge in [-0.15, -0.1) is 5.10 Å². The van der Waals surface area contributed by atoms with Gasteiger partial charge in [-0.2, -0.15) is 4.98 Å². The first-order valence-corrected chi connectivity index (χ1v) is 15.4. The van der Waals surface area contributed by atoms with Gasteiger partial charge in [-0.3, -0.25) is 18.8 Å². The van der Waals surface area contributed by atoms with Gasteiger partial charge >= 0.3 is 0 Å². The first kappa shape index (κ1) is 29.9. The van der Waals surface area contributed by atoms with Crippen LogP contribution in [0.2, 0.25) is 0 Å². The molecule has 12 heteroatoms. The van der Waals surface area contributed by atoms with Crippen molar-refractivity contribution in [3.63, 3.8) is 0 Å². The Hall–Kier alpha value is -4.16. The molecule has 12 nitrogen and oxygen atoms in total. The maximum absolute atomic E-state index is 13.9. The van der Waals surface area contributed by atoms with Gasteiger partial charge < -0.3 is 19.7 Å². The van der Waals surface area contributed by atoms with Gasteiger partial charge in [0.2, 0.25) is 5.95 Å². The van der Waals surface area contributed by atoms with Crippen molar-refractivity contribution >= 4 is 28.5 Å². The number of aryl methyl sites for hydroxylation is 1. The SMILES string of the molecule is CC(C)C(=O)c1cc2cnc(Nc3ccc(OC4CCCN(C)C4)cc3)nc2n(Cc2nnn(C)c2C2CCOCC2)c1=O. The van der Waals surface area contributed by atoms with Crippen LogP contribution in [-0.4, -0.2) is 79.7 Å². The van der Waals surface area contributed by atoms with Crippen LogP contribution in [0.5, 0.6) is 5.75 Å². The molecule has 2 fully saturated rings. The highest BCUT2D eigenvalue weighted by molar-refractivity contribution is 5.99. The third kappa shape index (κ3) is 6.36. The average Bonchev–Trinajstić information content (AvgIpc) is 3.39. The number of pyridine rings is 1. The second-order valence-corrected chi connectivity index (χ2v) is 12.2. The van der Waals surface area contributed by atoms with Crippen LogP contribution in [0.15, 0.2) is 41.3 Å². The molecule has 2 aliphatic heterocycles. The highest BCUT2D eigenvalue weighted by atomic mass is 16.5. The van der Waals surface area contributed by atoms with E-state index in [0.29, 0.717) is 35.9 Å². The zero-order valence-electron chi connectivity index (χ0n) is 25.8. The lowest BCUT2D eigenvalue weighted by molar-refractivity contribution is 0.0835. The first-order chi connectivity index (χ1) is 21.3. The number of nitrogens with one attached hydrogen (secondary N) is 1. The fourth-order valence-electron chi connectivity index (χ4n) is 6.15. The number of carbonyl (C=O) groups excluding carboxylic acids is 1. The summed E-state index contributed by atoms with van der Waals surface area (Å²) in [5.74, 6) is 0.810. The molecule has 0 aliphatic carbocycles. The van der Waals surface area contributed by atoms with Crippen molar-refractivity contribution in [1.82, 2.24) is 34.4 Å². The third-order valence-electron chi connectivity index (χ3n) is 8.47. The summed E-state index contributed by atoms with van der Waals surface area (Å²) in [6.07, 6.45) is 5.71. The maximum atomic E-state index is 13.9. The number of hydrogen-bond donors (Lipinski definition) is 1. The topological polar surface area (TPSA) is 129 Å². The summed E-state index contributed by atoms with van der Waals surface area (Å²) in [4.78, 5) is 38.5. The first-order valence-electron chi connectivity index (χ1n) is 15.4. The van der Waals surface area contributed by atoms with E-state index in [-0.39, 0.29) is 35.8 Å². The standard InChI is InChI=1S/C32H40N8O4/c1-20(2)29(41)26-16-22-17-33-32(34-23-7-9-24(10-8-23)44-25-6-5-13-38(3)18-25)35-30(22)40(31(26)42)19-27-28(39(4)37-36-27)21-11-14-43-15-12-21/h7-10,16-17,20-21,25H,5-6,11-15,18-19H2,1-4H3,(H,33,34,35). The molecule has 0 radical (unpaired) electrons. The van der Waals surface area contributed by atoms with E-state index in [2.05, 4.69) is 32.6 Å². The largest absolute Gasteiger partial charge is 0.489 e. The van der Waals surface area contributed by atoms with Gasteiger partial charge in [0.25, 0.3) is 5.56 Å². The molecule has 0 saturated carbocycles. The molecule has 44 heavy (non-hydrogen) atoms. The van der Waals surface area contributed by atoms with Crippen molar-refractivity contribution in [2.45, 2.75) is 58.1 Å². The lowest BCUT2D eigenvalue weighted by atomic mass is 9.94. The molecule has 0 bridgehead atoms. The maximum Gasteiger partial charge on any atom is 0.263 e. The highest BCUT2D eigenvalue weighted by Gasteiger charge is 2.26. The quantitative estimate of drug-likeness (QED) is 0.282. The number of rotatable bonds is 9. The van der Waals surface area contributed by atoms with Crippen LogP contribution in [0.3, 0.4) is 0 Å². The van der Waals surface area contributed by atoms with E-state index in [1.54, 1.807) is 30.8 Å². The van der Waals surface area contributed by atoms with Crippen LogP contribution in [0.25, 0.3) is 11.0 Å². The monoisotopic (exact) mass is 600 g/mol. The Morgan fingerprint density at radius 2 is 1.91 bits per heavy atom. The van der Waals surface area contributed by atoms with Gasteiger partial charge in [-0.1, -0.05) is 19.1 Å². The van der Waals surface area contributed by atoms with E-state index in [1.807, 2.05) is 31.3 Å². The predicted molar refractivity (Wildman–Crippen MR) is 167 cm³/mol. The molecule has 1 N–H and O–H groups in total. The van der Waals surface area contributed by atoms with Crippen molar-refractivity contribution < 1.29 is 14.3 Å². The number of aromatic nitrogens is 6. The van der Waals surface area contributed by atoms with Crippen LogP contribution in [0.1, 0.15) is 67.2 Å². The van der Waals surface area contributed by atoms with Crippen molar-refractivity contribution in [2.24, 2.45) is 13.0 Å². The summed E-state index contributed by atoms with van der Waals surface area (Å²) in [6.45, 7) is 7.07. The summed E-state index contributed by atoms with van der Waals surface area (Å²) in [6, 6.07) is 9.32. The Morgan fingerprint density at radius 3 is 2.64 bits per heavy atom. The molecule has 4 aromatic rings. The average molecular weight is 601 g/mol. The molecule has 2 saturated heterocycles. The lowest BCUT2D eigenvalue weighted by Crippen LogP contribution is -2.38. The minimum absolute atomic E-state index is 0.119. The molecule has 1 aromatic carbocycles. The Bertz CT molecular complexity index is 1690. The zero-order valence-corrected chi connectivity index (χ0v) is 25.8. The van der Waals surface area contributed by atoms with Crippen LogP contribution < -0.4 is 15.6 Å².